The van der Waals surface area contributed by atoms with Gasteiger partial charge in [0, 0.05) is 13.6 Å². The van der Waals surface area contributed by atoms with E-state index in [1.54, 1.807) is 14.0 Å². The Morgan fingerprint density at radius 1 is 1.00 bits per heavy atom. The van der Waals surface area contributed by atoms with Crippen LogP contribution in [0.15, 0.2) is 60.7 Å². The third kappa shape index (κ3) is 6.24. The van der Waals surface area contributed by atoms with E-state index in [2.05, 4.69) is 17.4 Å². The Morgan fingerprint density at radius 3 is 2.19 bits per heavy atom. The monoisotopic (exact) mass is 354 g/mol. The van der Waals surface area contributed by atoms with E-state index < -0.39 is 12.1 Å². The molecule has 1 N–H and O–H groups in total. The predicted molar refractivity (Wildman–Crippen MR) is 102 cm³/mol. The van der Waals surface area contributed by atoms with Crippen molar-refractivity contribution < 1.29 is 14.3 Å². The maximum Gasteiger partial charge on any atom is 0.410 e. The average molecular weight is 354 g/mol. The fourth-order valence-corrected chi connectivity index (χ4v) is 2.45. The summed E-state index contributed by atoms with van der Waals surface area (Å²) in [6.45, 7) is 2.46. The van der Waals surface area contributed by atoms with Gasteiger partial charge in [0.25, 0.3) is 0 Å². The smallest absolute Gasteiger partial charge is 0.410 e. The molecule has 26 heavy (non-hydrogen) atoms. The van der Waals surface area contributed by atoms with Crippen LogP contribution in [0.4, 0.5) is 4.79 Å². The molecule has 1 atom stereocenters. The van der Waals surface area contributed by atoms with Crippen LogP contribution in [0.5, 0.6) is 0 Å². The third-order valence-corrected chi connectivity index (χ3v) is 4.24. The number of hydrogen-bond donors (Lipinski definition) is 1. The minimum Gasteiger partial charge on any atom is -0.445 e. The van der Waals surface area contributed by atoms with Gasteiger partial charge in [-0.25, -0.2) is 4.79 Å². The second kappa shape index (κ2) is 10.2. The number of amides is 2. The molecule has 2 aromatic rings. The highest BCUT2D eigenvalue weighted by Gasteiger charge is 2.23. The maximum absolute atomic E-state index is 12.2. The SMILES string of the molecule is C[C@H](C(=O)NCCCc1ccccc1)N(C)C(=O)OCc1ccccc1. The molecule has 0 aliphatic heterocycles. The topological polar surface area (TPSA) is 58.6 Å². The molecule has 2 rings (SSSR count). The molecule has 0 bridgehead atoms. The highest BCUT2D eigenvalue weighted by Crippen LogP contribution is 2.05. The number of likely N-dealkylation sites (N-methyl/N-ethyl adjacent to an activating group) is 1. The standard InChI is InChI=1S/C21H26N2O3/c1-17(20(24)22-15-9-14-18-10-5-3-6-11-18)23(2)21(25)26-16-19-12-7-4-8-13-19/h3-8,10-13,17H,9,14-16H2,1-2H3,(H,22,24)/t17-/m1/s1. The molecule has 0 aliphatic rings. The van der Waals surface area contributed by atoms with Crippen molar-refractivity contribution in [1.82, 2.24) is 10.2 Å². The minimum absolute atomic E-state index is 0.183. The van der Waals surface area contributed by atoms with Crippen molar-refractivity contribution >= 4 is 12.0 Å². The second-order valence-corrected chi connectivity index (χ2v) is 6.21. The van der Waals surface area contributed by atoms with Gasteiger partial charge in [0.1, 0.15) is 12.6 Å². The van der Waals surface area contributed by atoms with Crippen LogP contribution in [0.3, 0.4) is 0 Å². The Hall–Kier alpha value is -2.82. The van der Waals surface area contributed by atoms with Crippen LogP contribution in [-0.4, -0.2) is 36.5 Å². The highest BCUT2D eigenvalue weighted by atomic mass is 16.6. The Kier molecular flexibility index (Phi) is 7.68. The van der Waals surface area contributed by atoms with Crippen molar-refractivity contribution in [2.24, 2.45) is 0 Å². The first-order valence-corrected chi connectivity index (χ1v) is 8.83. The van der Waals surface area contributed by atoms with E-state index in [9.17, 15) is 9.59 Å². The van der Waals surface area contributed by atoms with Crippen molar-refractivity contribution in [3.63, 3.8) is 0 Å². The quantitative estimate of drug-likeness (QED) is 0.739. The zero-order valence-corrected chi connectivity index (χ0v) is 15.4. The van der Waals surface area contributed by atoms with Crippen LogP contribution in [0.25, 0.3) is 0 Å². The fraction of sp³-hybridized carbons (Fsp3) is 0.333. The molecule has 0 heterocycles. The van der Waals surface area contributed by atoms with Crippen molar-refractivity contribution in [3.8, 4) is 0 Å². The van der Waals surface area contributed by atoms with Crippen LogP contribution >= 0.6 is 0 Å². The van der Waals surface area contributed by atoms with Crippen LogP contribution in [0.2, 0.25) is 0 Å². The summed E-state index contributed by atoms with van der Waals surface area (Å²) in [6.07, 6.45) is 1.25. The lowest BCUT2D eigenvalue weighted by molar-refractivity contribution is -0.125. The largest absolute Gasteiger partial charge is 0.445 e. The van der Waals surface area contributed by atoms with Crippen LogP contribution in [0.1, 0.15) is 24.5 Å². The Balaban J connectivity index is 1.69. The molecule has 2 aromatic carbocycles. The summed E-state index contributed by atoms with van der Waals surface area (Å²) in [5, 5.41) is 2.87. The summed E-state index contributed by atoms with van der Waals surface area (Å²) < 4.78 is 5.25. The van der Waals surface area contributed by atoms with Crippen molar-refractivity contribution in [2.75, 3.05) is 13.6 Å². The van der Waals surface area contributed by atoms with Gasteiger partial charge in [0.05, 0.1) is 0 Å². The highest BCUT2D eigenvalue weighted by molar-refractivity contribution is 5.85. The number of ether oxygens (including phenoxy) is 1. The van der Waals surface area contributed by atoms with Gasteiger partial charge >= 0.3 is 6.09 Å². The lowest BCUT2D eigenvalue weighted by atomic mass is 10.1. The van der Waals surface area contributed by atoms with Crippen LogP contribution < -0.4 is 5.32 Å². The zero-order chi connectivity index (χ0) is 18.8. The van der Waals surface area contributed by atoms with Crippen LogP contribution in [-0.2, 0) is 22.6 Å². The number of nitrogens with zero attached hydrogens (tertiary/aromatic N) is 1. The molecule has 138 valence electrons. The van der Waals surface area contributed by atoms with E-state index in [4.69, 9.17) is 4.74 Å². The van der Waals surface area contributed by atoms with Crippen LogP contribution in [0, 0.1) is 0 Å². The second-order valence-electron chi connectivity index (χ2n) is 6.21. The number of carbonyl (C=O) groups excluding carboxylic acids is 2. The number of aryl methyl sites for hydroxylation is 1. The average Bonchev–Trinajstić information content (AvgIpc) is 2.69. The molecular formula is C21H26N2O3. The molecule has 0 saturated carbocycles. The first-order valence-electron chi connectivity index (χ1n) is 8.83. The molecule has 0 aromatic heterocycles. The Bertz CT molecular complexity index is 689. The van der Waals surface area contributed by atoms with Gasteiger partial charge in [0.2, 0.25) is 5.91 Å². The summed E-state index contributed by atoms with van der Waals surface area (Å²) in [6, 6.07) is 19.0. The molecule has 0 saturated heterocycles. The van der Waals surface area contributed by atoms with Gasteiger partial charge in [-0.3, -0.25) is 9.69 Å². The number of carbonyl (C=O) groups is 2. The number of hydrogen-bond acceptors (Lipinski definition) is 3. The molecule has 0 radical (unpaired) electrons. The maximum atomic E-state index is 12.2. The molecular weight excluding hydrogens is 328 g/mol. The van der Waals surface area contributed by atoms with Crippen molar-refractivity contribution in [3.05, 3.63) is 71.8 Å². The first-order chi connectivity index (χ1) is 12.6. The van der Waals surface area contributed by atoms with E-state index in [-0.39, 0.29) is 12.5 Å². The lowest BCUT2D eigenvalue weighted by Gasteiger charge is -2.23. The molecule has 2 amide bonds. The van der Waals surface area contributed by atoms with Gasteiger partial charge in [-0.15, -0.1) is 0 Å². The van der Waals surface area contributed by atoms with E-state index in [0.29, 0.717) is 6.54 Å². The van der Waals surface area contributed by atoms with Gasteiger partial charge in [0.15, 0.2) is 0 Å². The summed E-state index contributed by atoms with van der Waals surface area (Å²) in [7, 11) is 1.57. The number of nitrogens with one attached hydrogen (secondary N) is 1. The third-order valence-electron chi connectivity index (χ3n) is 4.24. The lowest BCUT2D eigenvalue weighted by Crippen LogP contribution is -2.46. The number of rotatable bonds is 8. The fourth-order valence-electron chi connectivity index (χ4n) is 2.45. The number of benzene rings is 2. The molecule has 5 nitrogen and oxygen atoms in total. The van der Waals surface area contributed by atoms with Gasteiger partial charge in [-0.05, 0) is 30.9 Å². The summed E-state index contributed by atoms with van der Waals surface area (Å²) in [5.74, 6) is -0.183. The predicted octanol–water partition coefficient (Wildman–Crippen LogP) is 3.39. The molecule has 5 heteroatoms. The first kappa shape index (κ1) is 19.5. The summed E-state index contributed by atoms with van der Waals surface area (Å²) >= 11 is 0. The van der Waals surface area contributed by atoms with E-state index in [1.807, 2.05) is 48.5 Å². The van der Waals surface area contributed by atoms with Crippen molar-refractivity contribution in [1.29, 1.82) is 0 Å². The Morgan fingerprint density at radius 2 is 1.58 bits per heavy atom. The van der Waals surface area contributed by atoms with E-state index in [0.717, 1.165) is 18.4 Å². The summed E-state index contributed by atoms with van der Waals surface area (Å²) in [4.78, 5) is 25.6. The molecule has 0 unspecified atom stereocenters. The Labute approximate surface area is 155 Å². The summed E-state index contributed by atoms with van der Waals surface area (Å²) in [5.41, 5.74) is 2.16. The van der Waals surface area contributed by atoms with E-state index in [1.165, 1.54) is 10.5 Å². The molecule has 0 aliphatic carbocycles. The van der Waals surface area contributed by atoms with Gasteiger partial charge in [-0.1, -0.05) is 60.7 Å². The molecule has 0 fully saturated rings. The minimum atomic E-state index is -0.588. The van der Waals surface area contributed by atoms with E-state index >= 15 is 0 Å². The zero-order valence-electron chi connectivity index (χ0n) is 15.4. The van der Waals surface area contributed by atoms with Gasteiger partial charge < -0.3 is 10.1 Å². The molecule has 0 spiro atoms. The van der Waals surface area contributed by atoms with Crippen molar-refractivity contribution in [2.45, 2.75) is 32.4 Å². The van der Waals surface area contributed by atoms with Gasteiger partial charge in [-0.2, -0.15) is 0 Å². The normalized spacial score (nSPS) is 11.5.